The third-order valence-electron chi connectivity index (χ3n) is 2.97. The van der Waals surface area contributed by atoms with E-state index in [-0.39, 0.29) is 10.2 Å². The molecule has 0 saturated heterocycles. The lowest BCUT2D eigenvalue weighted by Gasteiger charge is -2.13. The summed E-state index contributed by atoms with van der Waals surface area (Å²) in [5.41, 5.74) is 0.692. The smallest absolute Gasteiger partial charge is 0.405 e. The molecular weight excluding hydrogens is 351 g/mol. The number of hydrogen-bond acceptors (Lipinski definition) is 3. The number of benzene rings is 1. The van der Waals surface area contributed by atoms with E-state index in [0.29, 0.717) is 17.7 Å². The van der Waals surface area contributed by atoms with Crippen LogP contribution in [0.25, 0.3) is 5.69 Å². The molecule has 112 valence electrons. The molecular formula is C13H11BrF3N3O. The SMILES string of the molecule is FC(F)(F)Oc1ccc(-n2ccnc2NC2CC2)cc1Br. The van der Waals surface area contributed by atoms with Crippen LogP contribution in [-0.4, -0.2) is 22.0 Å². The Balaban J connectivity index is 1.86. The Morgan fingerprint density at radius 3 is 2.71 bits per heavy atom. The molecule has 3 rings (SSSR count). The van der Waals surface area contributed by atoms with Crippen LogP contribution in [0.3, 0.4) is 0 Å². The third-order valence-corrected chi connectivity index (χ3v) is 3.59. The largest absolute Gasteiger partial charge is 0.573 e. The molecule has 8 heteroatoms. The first kappa shape index (κ1) is 14.2. The maximum Gasteiger partial charge on any atom is 0.573 e. The highest BCUT2D eigenvalue weighted by molar-refractivity contribution is 9.10. The summed E-state index contributed by atoms with van der Waals surface area (Å²) in [7, 11) is 0. The van der Waals surface area contributed by atoms with Gasteiger partial charge in [-0.1, -0.05) is 0 Å². The van der Waals surface area contributed by atoms with E-state index in [9.17, 15) is 13.2 Å². The van der Waals surface area contributed by atoms with Gasteiger partial charge in [-0.2, -0.15) is 0 Å². The molecule has 21 heavy (non-hydrogen) atoms. The van der Waals surface area contributed by atoms with Crippen molar-refractivity contribution in [2.75, 3.05) is 5.32 Å². The summed E-state index contributed by atoms with van der Waals surface area (Å²) < 4.78 is 42.7. The van der Waals surface area contributed by atoms with Crippen molar-refractivity contribution in [3.05, 3.63) is 35.1 Å². The number of aromatic nitrogens is 2. The van der Waals surface area contributed by atoms with Crippen LogP contribution in [0.1, 0.15) is 12.8 Å². The molecule has 0 aliphatic heterocycles. The minimum atomic E-state index is -4.71. The highest BCUT2D eigenvalue weighted by Crippen LogP contribution is 2.33. The molecule has 1 aromatic heterocycles. The maximum atomic E-state index is 12.2. The summed E-state index contributed by atoms with van der Waals surface area (Å²) in [5, 5.41) is 3.26. The van der Waals surface area contributed by atoms with E-state index in [1.807, 2.05) is 0 Å². The Bertz CT molecular complexity index is 652. The van der Waals surface area contributed by atoms with Gasteiger partial charge in [0, 0.05) is 24.1 Å². The second-order valence-electron chi connectivity index (χ2n) is 4.70. The summed E-state index contributed by atoms with van der Waals surface area (Å²) in [6.45, 7) is 0. The molecule has 1 saturated carbocycles. The van der Waals surface area contributed by atoms with Crippen molar-refractivity contribution < 1.29 is 17.9 Å². The van der Waals surface area contributed by atoms with E-state index in [1.165, 1.54) is 6.07 Å². The van der Waals surface area contributed by atoms with E-state index >= 15 is 0 Å². The predicted octanol–water partition coefficient (Wildman–Crippen LogP) is 4.11. The van der Waals surface area contributed by atoms with Crippen LogP contribution in [0.4, 0.5) is 19.1 Å². The quantitative estimate of drug-likeness (QED) is 0.890. The van der Waals surface area contributed by atoms with Gasteiger partial charge in [0.15, 0.2) is 0 Å². The van der Waals surface area contributed by atoms with Crippen LogP contribution in [0.5, 0.6) is 5.75 Å². The molecule has 1 aliphatic carbocycles. The topological polar surface area (TPSA) is 39.1 Å². The molecule has 0 radical (unpaired) electrons. The van der Waals surface area contributed by atoms with Crippen molar-refractivity contribution in [3.63, 3.8) is 0 Å². The Hall–Kier alpha value is -1.70. The summed E-state index contributed by atoms with van der Waals surface area (Å²) >= 11 is 3.09. The van der Waals surface area contributed by atoms with Gasteiger partial charge in [-0.25, -0.2) is 4.98 Å². The predicted molar refractivity (Wildman–Crippen MR) is 74.6 cm³/mol. The normalized spacial score (nSPS) is 15.0. The summed E-state index contributed by atoms with van der Waals surface area (Å²) in [4.78, 5) is 4.21. The van der Waals surface area contributed by atoms with Gasteiger partial charge in [0.25, 0.3) is 0 Å². The number of ether oxygens (including phenoxy) is 1. The summed E-state index contributed by atoms with van der Waals surface area (Å²) in [6.07, 6.45) is 0.886. The lowest BCUT2D eigenvalue weighted by molar-refractivity contribution is -0.274. The highest BCUT2D eigenvalue weighted by Gasteiger charge is 2.32. The zero-order chi connectivity index (χ0) is 15.0. The lowest BCUT2D eigenvalue weighted by Crippen LogP contribution is -2.17. The van der Waals surface area contributed by atoms with Gasteiger partial charge in [0.1, 0.15) is 5.75 Å². The fourth-order valence-electron chi connectivity index (χ4n) is 1.88. The fraction of sp³-hybridized carbons (Fsp3) is 0.308. The molecule has 4 nitrogen and oxygen atoms in total. The first-order chi connectivity index (χ1) is 9.92. The number of imidazole rings is 1. The molecule has 1 aliphatic rings. The fourth-order valence-corrected chi connectivity index (χ4v) is 2.32. The van der Waals surface area contributed by atoms with E-state index < -0.39 is 6.36 Å². The standard InChI is InChI=1S/C13H11BrF3N3O/c14-10-7-9(3-4-11(10)21-13(15,16)17)20-6-5-18-12(20)19-8-1-2-8/h3-8H,1-2H2,(H,18,19). The molecule has 0 atom stereocenters. The Morgan fingerprint density at radius 2 is 2.10 bits per heavy atom. The maximum absolute atomic E-state index is 12.2. The summed E-state index contributed by atoms with van der Waals surface area (Å²) in [6, 6.07) is 4.81. The second-order valence-corrected chi connectivity index (χ2v) is 5.56. The number of nitrogens with zero attached hydrogens (tertiary/aromatic N) is 2. The Kier molecular flexibility index (Phi) is 3.56. The van der Waals surface area contributed by atoms with Crippen molar-refractivity contribution in [1.82, 2.24) is 9.55 Å². The van der Waals surface area contributed by atoms with Crippen molar-refractivity contribution >= 4 is 21.9 Å². The van der Waals surface area contributed by atoms with Crippen molar-refractivity contribution in [3.8, 4) is 11.4 Å². The summed E-state index contributed by atoms with van der Waals surface area (Å²) in [5.74, 6) is 0.400. The van der Waals surface area contributed by atoms with Crippen molar-refractivity contribution in [2.45, 2.75) is 25.2 Å². The van der Waals surface area contributed by atoms with E-state index in [2.05, 4.69) is 31.0 Å². The van der Waals surface area contributed by atoms with Crippen LogP contribution in [-0.2, 0) is 0 Å². The minimum absolute atomic E-state index is 0.225. The van der Waals surface area contributed by atoms with Crippen LogP contribution in [0.2, 0.25) is 0 Å². The van der Waals surface area contributed by atoms with Gasteiger partial charge >= 0.3 is 6.36 Å². The van der Waals surface area contributed by atoms with Gasteiger partial charge in [-0.3, -0.25) is 4.57 Å². The van der Waals surface area contributed by atoms with Gasteiger partial charge in [0.05, 0.1) is 4.47 Å². The number of anilines is 1. The highest BCUT2D eigenvalue weighted by atomic mass is 79.9. The van der Waals surface area contributed by atoms with Gasteiger partial charge < -0.3 is 10.1 Å². The Labute approximate surface area is 127 Å². The molecule has 0 amide bonds. The number of nitrogens with one attached hydrogen (secondary N) is 1. The van der Waals surface area contributed by atoms with E-state index in [1.54, 1.807) is 29.1 Å². The van der Waals surface area contributed by atoms with Gasteiger partial charge in [-0.05, 0) is 47.0 Å². The van der Waals surface area contributed by atoms with Crippen LogP contribution in [0.15, 0.2) is 35.1 Å². The molecule has 0 bridgehead atoms. The zero-order valence-corrected chi connectivity index (χ0v) is 12.3. The Morgan fingerprint density at radius 1 is 1.33 bits per heavy atom. The second kappa shape index (κ2) is 5.25. The molecule has 1 N–H and O–H groups in total. The minimum Gasteiger partial charge on any atom is -0.405 e. The number of rotatable bonds is 4. The third kappa shape index (κ3) is 3.49. The lowest BCUT2D eigenvalue weighted by atomic mass is 10.3. The van der Waals surface area contributed by atoms with E-state index in [0.717, 1.165) is 12.8 Å². The molecule has 0 spiro atoms. The first-order valence-electron chi connectivity index (χ1n) is 6.28. The average molecular weight is 362 g/mol. The number of halogens is 4. The van der Waals surface area contributed by atoms with Crippen LogP contribution in [0, 0.1) is 0 Å². The van der Waals surface area contributed by atoms with Crippen molar-refractivity contribution in [1.29, 1.82) is 0 Å². The number of alkyl halides is 3. The number of hydrogen-bond donors (Lipinski definition) is 1. The molecule has 2 aromatic rings. The van der Waals surface area contributed by atoms with Crippen molar-refractivity contribution in [2.24, 2.45) is 0 Å². The van der Waals surface area contributed by atoms with E-state index in [4.69, 9.17) is 0 Å². The van der Waals surface area contributed by atoms with Crippen LogP contribution >= 0.6 is 15.9 Å². The average Bonchev–Trinajstić information content (AvgIpc) is 3.07. The van der Waals surface area contributed by atoms with Gasteiger partial charge in [-0.15, -0.1) is 13.2 Å². The molecule has 1 aromatic carbocycles. The first-order valence-corrected chi connectivity index (χ1v) is 7.07. The zero-order valence-electron chi connectivity index (χ0n) is 10.7. The monoisotopic (exact) mass is 361 g/mol. The molecule has 0 unspecified atom stereocenters. The molecule has 1 fully saturated rings. The van der Waals surface area contributed by atoms with Gasteiger partial charge in [0.2, 0.25) is 5.95 Å². The molecule has 1 heterocycles. The van der Waals surface area contributed by atoms with Crippen LogP contribution < -0.4 is 10.1 Å².